The van der Waals surface area contributed by atoms with E-state index < -0.39 is 11.7 Å². The Labute approximate surface area is 182 Å². The van der Waals surface area contributed by atoms with E-state index in [0.717, 1.165) is 22.9 Å². The third-order valence-electron chi connectivity index (χ3n) is 4.90. The minimum absolute atomic E-state index is 0.00331. The van der Waals surface area contributed by atoms with Crippen molar-refractivity contribution in [3.8, 4) is 5.75 Å². The molecule has 0 aliphatic carbocycles. The highest BCUT2D eigenvalue weighted by molar-refractivity contribution is 9.10. The molecule has 1 fully saturated rings. The highest BCUT2D eigenvalue weighted by atomic mass is 79.9. The van der Waals surface area contributed by atoms with Crippen molar-refractivity contribution in [3.05, 3.63) is 28.2 Å². The molecule has 0 bridgehead atoms. The van der Waals surface area contributed by atoms with Gasteiger partial charge in [-0.1, -0.05) is 6.07 Å². The summed E-state index contributed by atoms with van der Waals surface area (Å²) >= 11 is 3.49. The fourth-order valence-electron chi connectivity index (χ4n) is 3.34. The monoisotopic (exact) mass is 468 g/mol. The van der Waals surface area contributed by atoms with Gasteiger partial charge in [-0.2, -0.15) is 0 Å². The predicted molar refractivity (Wildman–Crippen MR) is 117 cm³/mol. The average molecular weight is 469 g/mol. The Morgan fingerprint density at radius 1 is 1.28 bits per heavy atom. The summed E-state index contributed by atoms with van der Waals surface area (Å²) in [6, 6.07) is 5.81. The summed E-state index contributed by atoms with van der Waals surface area (Å²) in [5.41, 5.74) is 0.630. The molecule has 0 saturated carbocycles. The number of amides is 2. The predicted octanol–water partition coefficient (Wildman–Crippen LogP) is 4.63. The number of halogens is 1. The number of ether oxygens (including phenoxy) is 2. The van der Waals surface area contributed by atoms with Crippen LogP contribution in [-0.2, 0) is 9.53 Å². The number of hydrogen-bond donors (Lipinski definition) is 0. The largest absolute Gasteiger partial charge is 0.480 e. The van der Waals surface area contributed by atoms with E-state index in [9.17, 15) is 9.59 Å². The smallest absolute Gasteiger partial charge is 0.410 e. The molecule has 0 radical (unpaired) electrons. The lowest BCUT2D eigenvalue weighted by Crippen LogP contribution is -2.46. The standard InChI is InChI=1S/C22H33BrN2O4/c1-15-7-8-19(18(23)13-15)28-16(2)20(26)25-11-9-17(10-12-25)14-24(6)21(27)29-22(3,4)5/h7-8,13,16-17H,9-12,14H2,1-6H3. The Morgan fingerprint density at radius 2 is 1.90 bits per heavy atom. The lowest BCUT2D eigenvalue weighted by Gasteiger charge is -2.35. The molecule has 1 heterocycles. The number of aryl methyl sites for hydroxylation is 1. The van der Waals surface area contributed by atoms with Gasteiger partial charge in [-0.3, -0.25) is 4.79 Å². The molecule has 1 unspecified atom stereocenters. The molecule has 7 heteroatoms. The molecule has 6 nitrogen and oxygen atoms in total. The summed E-state index contributed by atoms with van der Waals surface area (Å²) < 4.78 is 12.1. The minimum Gasteiger partial charge on any atom is -0.480 e. The summed E-state index contributed by atoms with van der Waals surface area (Å²) in [5, 5.41) is 0. The van der Waals surface area contributed by atoms with E-state index in [4.69, 9.17) is 9.47 Å². The van der Waals surface area contributed by atoms with Crippen molar-refractivity contribution in [1.82, 2.24) is 9.80 Å². The number of carbonyl (C=O) groups is 2. The maximum absolute atomic E-state index is 12.8. The third kappa shape index (κ3) is 7.21. The minimum atomic E-state index is -0.546. The third-order valence-corrected chi connectivity index (χ3v) is 5.52. The van der Waals surface area contributed by atoms with Crippen LogP contribution in [-0.4, -0.2) is 60.2 Å². The molecule has 162 valence electrons. The molecule has 0 spiro atoms. The van der Waals surface area contributed by atoms with Gasteiger partial charge in [0.15, 0.2) is 6.10 Å². The fraction of sp³-hybridized carbons (Fsp3) is 0.636. The van der Waals surface area contributed by atoms with Gasteiger partial charge >= 0.3 is 6.09 Å². The first-order valence-corrected chi connectivity index (χ1v) is 10.9. The maximum atomic E-state index is 12.8. The van der Waals surface area contributed by atoms with Crippen molar-refractivity contribution in [2.24, 2.45) is 5.92 Å². The van der Waals surface area contributed by atoms with Gasteiger partial charge in [-0.15, -0.1) is 0 Å². The number of hydrogen-bond acceptors (Lipinski definition) is 4. The van der Waals surface area contributed by atoms with Crippen molar-refractivity contribution in [2.75, 3.05) is 26.7 Å². The average Bonchev–Trinajstić information content (AvgIpc) is 2.62. The van der Waals surface area contributed by atoms with Crippen LogP contribution in [0, 0.1) is 12.8 Å². The van der Waals surface area contributed by atoms with Crippen molar-refractivity contribution in [2.45, 2.75) is 59.2 Å². The van der Waals surface area contributed by atoms with E-state index in [1.165, 1.54) is 0 Å². The molecular weight excluding hydrogens is 436 g/mol. The highest BCUT2D eigenvalue weighted by Crippen LogP contribution is 2.27. The summed E-state index contributed by atoms with van der Waals surface area (Å²) in [5.74, 6) is 1.03. The summed E-state index contributed by atoms with van der Waals surface area (Å²) in [6.07, 6.45) is 0.872. The van der Waals surface area contributed by atoms with Gasteiger partial charge < -0.3 is 19.3 Å². The zero-order valence-corrected chi connectivity index (χ0v) is 19.9. The molecule has 1 saturated heterocycles. The van der Waals surface area contributed by atoms with Gasteiger partial charge in [0, 0.05) is 26.7 Å². The number of nitrogens with zero attached hydrogens (tertiary/aromatic N) is 2. The summed E-state index contributed by atoms with van der Waals surface area (Å²) in [4.78, 5) is 28.4. The lowest BCUT2D eigenvalue weighted by molar-refractivity contribution is -0.139. The van der Waals surface area contributed by atoms with Crippen LogP contribution in [0.4, 0.5) is 4.79 Å². The molecule has 29 heavy (non-hydrogen) atoms. The lowest BCUT2D eigenvalue weighted by atomic mass is 9.96. The van der Waals surface area contributed by atoms with E-state index in [0.29, 0.717) is 31.3 Å². The van der Waals surface area contributed by atoms with Crippen molar-refractivity contribution < 1.29 is 19.1 Å². The van der Waals surface area contributed by atoms with E-state index in [1.54, 1.807) is 18.9 Å². The second-order valence-corrected chi connectivity index (χ2v) is 9.68. The molecule has 0 N–H and O–H groups in total. The second-order valence-electron chi connectivity index (χ2n) is 8.82. The van der Waals surface area contributed by atoms with Crippen LogP contribution in [0.3, 0.4) is 0 Å². The highest BCUT2D eigenvalue weighted by Gasteiger charge is 2.29. The molecule has 1 aliphatic rings. The van der Waals surface area contributed by atoms with Crippen molar-refractivity contribution in [1.29, 1.82) is 0 Å². The van der Waals surface area contributed by atoms with E-state index >= 15 is 0 Å². The Balaban J connectivity index is 1.82. The fourth-order valence-corrected chi connectivity index (χ4v) is 3.92. The number of carbonyl (C=O) groups excluding carboxylic acids is 2. The van der Waals surface area contributed by atoms with E-state index in [1.807, 2.05) is 50.8 Å². The molecule has 1 aliphatic heterocycles. The summed E-state index contributed by atoms with van der Waals surface area (Å²) in [6.45, 7) is 11.4. The van der Waals surface area contributed by atoms with E-state index in [2.05, 4.69) is 15.9 Å². The van der Waals surface area contributed by atoms with Gasteiger partial charge in [0.05, 0.1) is 4.47 Å². The number of likely N-dealkylation sites (tertiary alicyclic amines) is 1. The zero-order valence-electron chi connectivity index (χ0n) is 18.3. The molecule has 2 amide bonds. The van der Waals surface area contributed by atoms with Crippen LogP contribution in [0.5, 0.6) is 5.75 Å². The van der Waals surface area contributed by atoms with Crippen molar-refractivity contribution >= 4 is 27.9 Å². The van der Waals surface area contributed by atoms with Crippen LogP contribution in [0.1, 0.15) is 46.1 Å². The quantitative estimate of drug-likeness (QED) is 0.631. The maximum Gasteiger partial charge on any atom is 0.410 e. The first-order chi connectivity index (χ1) is 13.5. The van der Waals surface area contributed by atoms with Gasteiger partial charge in [-0.05, 0) is 87.0 Å². The van der Waals surface area contributed by atoms with Gasteiger partial charge in [0.25, 0.3) is 5.91 Å². The first-order valence-electron chi connectivity index (χ1n) is 10.1. The molecule has 2 rings (SSSR count). The van der Waals surface area contributed by atoms with Crippen molar-refractivity contribution in [3.63, 3.8) is 0 Å². The van der Waals surface area contributed by atoms with Crippen LogP contribution < -0.4 is 4.74 Å². The molecule has 1 atom stereocenters. The molecular formula is C22H33BrN2O4. The Hall–Kier alpha value is -1.76. The van der Waals surface area contributed by atoms with E-state index in [-0.39, 0.29) is 12.0 Å². The Morgan fingerprint density at radius 3 is 2.45 bits per heavy atom. The van der Waals surface area contributed by atoms with Crippen LogP contribution >= 0.6 is 15.9 Å². The zero-order chi connectivity index (χ0) is 21.8. The SMILES string of the molecule is Cc1ccc(OC(C)C(=O)N2CCC(CN(C)C(=O)OC(C)(C)C)CC2)c(Br)c1. The normalized spacial score (nSPS) is 16.3. The van der Waals surface area contributed by atoms with Gasteiger partial charge in [0.2, 0.25) is 0 Å². The molecule has 1 aromatic rings. The van der Waals surface area contributed by atoms with Crippen LogP contribution in [0.15, 0.2) is 22.7 Å². The first kappa shape index (κ1) is 23.5. The number of benzene rings is 1. The Bertz CT molecular complexity index is 724. The molecule has 1 aromatic carbocycles. The van der Waals surface area contributed by atoms with Crippen LogP contribution in [0.25, 0.3) is 0 Å². The Kier molecular flexibility index (Phi) is 7.97. The number of rotatable bonds is 5. The van der Waals surface area contributed by atoms with Gasteiger partial charge in [-0.25, -0.2) is 4.79 Å². The van der Waals surface area contributed by atoms with Gasteiger partial charge in [0.1, 0.15) is 11.4 Å². The molecule has 0 aromatic heterocycles. The topological polar surface area (TPSA) is 59.1 Å². The summed E-state index contributed by atoms with van der Waals surface area (Å²) in [7, 11) is 1.76. The number of piperidine rings is 1. The van der Waals surface area contributed by atoms with Crippen LogP contribution in [0.2, 0.25) is 0 Å². The second kappa shape index (κ2) is 9.83.